The Bertz CT molecular complexity index is 621. The van der Waals surface area contributed by atoms with E-state index in [9.17, 15) is 14.4 Å². The summed E-state index contributed by atoms with van der Waals surface area (Å²) in [4.78, 5) is 35.1. The summed E-state index contributed by atoms with van der Waals surface area (Å²) >= 11 is 5.87. The summed E-state index contributed by atoms with van der Waals surface area (Å²) in [5.41, 5.74) is 5.88. The van der Waals surface area contributed by atoms with Gasteiger partial charge in [0.2, 0.25) is 0 Å². The van der Waals surface area contributed by atoms with Gasteiger partial charge in [-0.25, -0.2) is 9.59 Å². The number of nitrogens with two attached hydrogens (primary N) is 1. The highest BCUT2D eigenvalue weighted by Crippen LogP contribution is 2.29. The number of nitrogens with one attached hydrogen (secondary N) is 2. The molecule has 4 N–H and O–H groups in total. The minimum atomic E-state index is -1.19. The van der Waals surface area contributed by atoms with Gasteiger partial charge in [0, 0.05) is 12.6 Å². The molecule has 0 saturated heterocycles. The van der Waals surface area contributed by atoms with Crippen molar-refractivity contribution in [2.24, 2.45) is 0 Å². The van der Waals surface area contributed by atoms with Gasteiger partial charge in [-0.1, -0.05) is 11.6 Å². The van der Waals surface area contributed by atoms with E-state index in [-0.39, 0.29) is 22.0 Å². The fraction of sp³-hybridized carbons (Fsp3) is 0.357. The number of ether oxygens (including phenoxy) is 2. The number of hydrogen-bond acceptors (Lipinski definition) is 6. The molecule has 126 valence electrons. The number of rotatable bonds is 5. The van der Waals surface area contributed by atoms with Gasteiger partial charge < -0.3 is 20.5 Å². The zero-order valence-corrected chi connectivity index (χ0v) is 13.7. The molecule has 1 aromatic carbocycles. The van der Waals surface area contributed by atoms with Gasteiger partial charge in [-0.2, -0.15) is 0 Å². The molecule has 0 aliphatic heterocycles. The average Bonchev–Trinajstić information content (AvgIpc) is 2.49. The van der Waals surface area contributed by atoms with Crippen LogP contribution in [0, 0.1) is 0 Å². The van der Waals surface area contributed by atoms with Crippen molar-refractivity contribution in [3.05, 3.63) is 22.7 Å². The number of imide groups is 1. The molecule has 0 radical (unpaired) electrons. The first kappa shape index (κ1) is 18.6. The van der Waals surface area contributed by atoms with Gasteiger partial charge in [0.25, 0.3) is 5.91 Å². The van der Waals surface area contributed by atoms with Gasteiger partial charge in [-0.05, 0) is 19.9 Å². The number of amides is 3. The highest BCUT2D eigenvalue weighted by molar-refractivity contribution is 6.33. The van der Waals surface area contributed by atoms with Crippen molar-refractivity contribution >= 4 is 35.2 Å². The van der Waals surface area contributed by atoms with Crippen molar-refractivity contribution in [3.8, 4) is 5.75 Å². The molecule has 0 bridgehead atoms. The van der Waals surface area contributed by atoms with E-state index in [2.05, 4.69) is 5.32 Å². The van der Waals surface area contributed by atoms with E-state index in [4.69, 9.17) is 26.8 Å². The van der Waals surface area contributed by atoms with Gasteiger partial charge in [0.1, 0.15) is 11.3 Å². The minimum Gasteiger partial charge on any atom is -0.496 e. The average molecular weight is 344 g/mol. The van der Waals surface area contributed by atoms with Crippen LogP contribution in [-0.2, 0) is 9.53 Å². The lowest BCUT2D eigenvalue weighted by Gasteiger charge is -2.15. The van der Waals surface area contributed by atoms with E-state index in [1.54, 1.807) is 6.92 Å². The molecule has 3 amide bonds. The lowest BCUT2D eigenvalue weighted by atomic mass is 10.2. The number of methoxy groups -OCH3 is 1. The van der Waals surface area contributed by atoms with Crippen molar-refractivity contribution in [1.29, 1.82) is 0 Å². The Labute approximate surface area is 138 Å². The number of nitrogen functional groups attached to an aromatic ring is 1. The van der Waals surface area contributed by atoms with Crippen LogP contribution in [0.3, 0.4) is 0 Å². The molecular formula is C14H18ClN3O5. The lowest BCUT2D eigenvalue weighted by Crippen LogP contribution is -2.44. The summed E-state index contributed by atoms with van der Waals surface area (Å²) in [6.45, 7) is 3.39. The first-order valence-corrected chi connectivity index (χ1v) is 7.10. The number of carbonyl (C=O) groups is 3. The van der Waals surface area contributed by atoms with Crippen LogP contribution in [0.2, 0.25) is 5.02 Å². The Morgan fingerprint density at radius 1 is 1.35 bits per heavy atom. The second-order valence-electron chi connectivity index (χ2n) is 4.47. The molecule has 0 unspecified atom stereocenters. The summed E-state index contributed by atoms with van der Waals surface area (Å²) < 4.78 is 10.0. The van der Waals surface area contributed by atoms with Crippen LogP contribution >= 0.6 is 11.6 Å². The highest BCUT2D eigenvalue weighted by Gasteiger charge is 2.23. The molecule has 9 heteroatoms. The number of benzene rings is 1. The van der Waals surface area contributed by atoms with Crippen molar-refractivity contribution in [3.63, 3.8) is 0 Å². The van der Waals surface area contributed by atoms with E-state index in [0.29, 0.717) is 6.54 Å². The normalized spacial score (nSPS) is 11.3. The third-order valence-corrected chi connectivity index (χ3v) is 3.09. The third-order valence-electron chi connectivity index (χ3n) is 2.77. The molecule has 0 spiro atoms. The van der Waals surface area contributed by atoms with Crippen LogP contribution < -0.4 is 21.1 Å². The summed E-state index contributed by atoms with van der Waals surface area (Å²) in [5, 5.41) is 4.58. The Morgan fingerprint density at radius 2 is 2.00 bits per heavy atom. The third kappa shape index (κ3) is 5.03. The van der Waals surface area contributed by atoms with E-state index in [0.717, 1.165) is 0 Å². The molecule has 0 heterocycles. The molecule has 1 rings (SSSR count). The van der Waals surface area contributed by atoms with Crippen LogP contribution in [-0.4, -0.2) is 37.7 Å². The summed E-state index contributed by atoms with van der Waals surface area (Å²) in [5.74, 6) is -1.43. The zero-order valence-electron chi connectivity index (χ0n) is 12.9. The number of urea groups is 1. The molecule has 8 nitrogen and oxygen atoms in total. The van der Waals surface area contributed by atoms with Gasteiger partial charge in [-0.3, -0.25) is 10.1 Å². The maximum atomic E-state index is 12.1. The smallest absolute Gasteiger partial charge is 0.342 e. The number of esters is 1. The Hall–Kier alpha value is -2.48. The Morgan fingerprint density at radius 3 is 2.57 bits per heavy atom. The molecular weight excluding hydrogens is 326 g/mol. The second-order valence-corrected chi connectivity index (χ2v) is 4.88. The number of carbonyl (C=O) groups excluding carboxylic acids is 3. The lowest BCUT2D eigenvalue weighted by molar-refractivity contribution is -0.127. The molecule has 0 aliphatic rings. The van der Waals surface area contributed by atoms with Crippen molar-refractivity contribution in [2.45, 2.75) is 20.0 Å². The van der Waals surface area contributed by atoms with E-state index in [1.165, 1.54) is 26.2 Å². The van der Waals surface area contributed by atoms with Gasteiger partial charge >= 0.3 is 12.0 Å². The fourth-order valence-electron chi connectivity index (χ4n) is 1.59. The van der Waals surface area contributed by atoms with Gasteiger partial charge in [0.05, 0.1) is 17.8 Å². The standard InChI is InChI=1S/C14H18ClN3O5/c1-4-17-14(21)18-12(19)7(2)23-13(20)8-5-9(15)10(16)6-11(8)22-3/h5-7H,4,16H2,1-3H3,(H2,17,18,19,21)/t7-/m0/s1. The maximum absolute atomic E-state index is 12.1. The fourth-order valence-corrected chi connectivity index (χ4v) is 1.76. The summed E-state index contributed by atoms with van der Waals surface area (Å²) in [7, 11) is 1.35. The SMILES string of the molecule is CCNC(=O)NC(=O)[C@H](C)OC(=O)c1cc(Cl)c(N)cc1OC. The van der Waals surface area contributed by atoms with Crippen LogP contribution in [0.4, 0.5) is 10.5 Å². The number of halogens is 1. The van der Waals surface area contributed by atoms with Crippen LogP contribution in [0.1, 0.15) is 24.2 Å². The highest BCUT2D eigenvalue weighted by atomic mass is 35.5. The Kier molecular flexibility index (Phi) is 6.65. The van der Waals surface area contributed by atoms with E-state index < -0.39 is 24.0 Å². The Balaban J connectivity index is 2.81. The van der Waals surface area contributed by atoms with Crippen molar-refractivity contribution in [2.75, 3.05) is 19.4 Å². The molecule has 0 aliphatic carbocycles. The monoisotopic (exact) mass is 343 g/mol. The van der Waals surface area contributed by atoms with E-state index >= 15 is 0 Å². The number of anilines is 1. The van der Waals surface area contributed by atoms with Crippen LogP contribution in [0.15, 0.2) is 12.1 Å². The maximum Gasteiger partial charge on any atom is 0.342 e. The zero-order chi connectivity index (χ0) is 17.6. The molecule has 1 aromatic rings. The van der Waals surface area contributed by atoms with Crippen molar-refractivity contribution in [1.82, 2.24) is 10.6 Å². The van der Waals surface area contributed by atoms with Gasteiger partial charge in [-0.15, -0.1) is 0 Å². The molecule has 1 atom stereocenters. The van der Waals surface area contributed by atoms with Gasteiger partial charge in [0.15, 0.2) is 6.10 Å². The molecule has 0 aromatic heterocycles. The largest absolute Gasteiger partial charge is 0.496 e. The molecule has 0 saturated carbocycles. The minimum absolute atomic E-state index is 0.0179. The molecule has 23 heavy (non-hydrogen) atoms. The second kappa shape index (κ2) is 8.23. The van der Waals surface area contributed by atoms with Crippen LogP contribution in [0.5, 0.6) is 5.75 Å². The molecule has 0 fully saturated rings. The van der Waals surface area contributed by atoms with Crippen LogP contribution in [0.25, 0.3) is 0 Å². The summed E-state index contributed by atoms with van der Waals surface area (Å²) in [6, 6.07) is 1.98. The predicted octanol–water partition coefficient (Wildman–Crippen LogP) is 1.32. The summed E-state index contributed by atoms with van der Waals surface area (Å²) in [6.07, 6.45) is -1.19. The quantitative estimate of drug-likeness (QED) is 0.548. The van der Waals surface area contributed by atoms with E-state index in [1.807, 2.05) is 5.32 Å². The predicted molar refractivity (Wildman–Crippen MR) is 84.5 cm³/mol. The van der Waals surface area contributed by atoms with Crippen molar-refractivity contribution < 1.29 is 23.9 Å². The number of hydrogen-bond donors (Lipinski definition) is 3. The first-order chi connectivity index (χ1) is 10.8. The first-order valence-electron chi connectivity index (χ1n) is 6.72. The topological polar surface area (TPSA) is 120 Å².